The zero-order valence-electron chi connectivity index (χ0n) is 19.8. The van der Waals surface area contributed by atoms with Crippen molar-refractivity contribution >= 4 is 28.3 Å². The van der Waals surface area contributed by atoms with Crippen molar-refractivity contribution < 1.29 is 9.53 Å². The molecule has 0 radical (unpaired) electrons. The van der Waals surface area contributed by atoms with Crippen molar-refractivity contribution in [3.05, 3.63) is 64.3 Å². The van der Waals surface area contributed by atoms with E-state index in [2.05, 4.69) is 33.7 Å². The number of nitrogens with zero attached hydrogens (tertiary/aromatic N) is 3. The molecule has 2 fully saturated rings. The Kier molecular flexibility index (Phi) is 6.48. The van der Waals surface area contributed by atoms with Crippen molar-refractivity contribution in [1.82, 2.24) is 9.47 Å². The SMILES string of the molecule is CO[C@H]1CC2CCC1N2CC(=O)c1c(C)n(-c2ccc(Cl)cc2)c2cc(CCCC#N)ccc12. The van der Waals surface area contributed by atoms with E-state index in [1.165, 1.54) is 5.56 Å². The summed E-state index contributed by atoms with van der Waals surface area (Å²) in [4.78, 5) is 16.2. The van der Waals surface area contributed by atoms with Gasteiger partial charge in [0.2, 0.25) is 0 Å². The fourth-order valence-electron chi connectivity index (χ4n) is 6.05. The lowest BCUT2D eigenvalue weighted by molar-refractivity contribution is 0.0643. The number of Topliss-reactive ketones (excluding diaryl/α,β-unsaturated/α-hetero) is 1. The van der Waals surface area contributed by atoms with Crippen LogP contribution in [0.3, 0.4) is 0 Å². The minimum Gasteiger partial charge on any atom is -0.380 e. The molecule has 0 saturated carbocycles. The number of aromatic nitrogens is 1. The molecule has 2 aromatic carbocycles. The molecule has 2 aliphatic heterocycles. The van der Waals surface area contributed by atoms with Gasteiger partial charge in [-0.05, 0) is 74.9 Å². The molecule has 5 nitrogen and oxygen atoms in total. The number of ketones is 1. The molecule has 6 heteroatoms. The van der Waals surface area contributed by atoms with Gasteiger partial charge in [-0.25, -0.2) is 0 Å². The number of nitriles is 1. The highest BCUT2D eigenvalue weighted by atomic mass is 35.5. The van der Waals surface area contributed by atoms with Gasteiger partial charge in [-0.2, -0.15) is 5.26 Å². The lowest BCUT2D eigenvalue weighted by Crippen LogP contribution is -2.37. The molecule has 5 rings (SSSR count). The van der Waals surface area contributed by atoms with Crippen LogP contribution in [0.15, 0.2) is 42.5 Å². The van der Waals surface area contributed by atoms with Crippen molar-refractivity contribution in [3.8, 4) is 11.8 Å². The summed E-state index contributed by atoms with van der Waals surface area (Å²) >= 11 is 6.16. The minimum absolute atomic E-state index is 0.168. The maximum atomic E-state index is 13.8. The van der Waals surface area contributed by atoms with E-state index in [1.807, 2.05) is 31.2 Å². The average Bonchev–Trinajstić information content (AvgIpc) is 3.47. The molecule has 2 aliphatic rings. The zero-order chi connectivity index (χ0) is 23.8. The van der Waals surface area contributed by atoms with Crippen molar-refractivity contribution in [2.24, 2.45) is 0 Å². The number of hydrogen-bond donors (Lipinski definition) is 0. The summed E-state index contributed by atoms with van der Waals surface area (Å²) in [5.74, 6) is 0.168. The molecule has 0 N–H and O–H groups in total. The molecular formula is C28H30ClN3O2. The number of ether oxygens (including phenoxy) is 1. The molecule has 0 spiro atoms. The Bertz CT molecular complexity index is 1260. The molecule has 3 heterocycles. The Morgan fingerprint density at radius 2 is 2.00 bits per heavy atom. The van der Waals surface area contributed by atoms with E-state index in [0.717, 1.165) is 60.0 Å². The number of halogens is 1. The first-order valence-electron chi connectivity index (χ1n) is 12.1. The second-order valence-corrected chi connectivity index (χ2v) is 9.98. The van der Waals surface area contributed by atoms with Crippen LogP contribution in [0.2, 0.25) is 5.02 Å². The normalized spacial score (nSPS) is 21.9. The maximum absolute atomic E-state index is 13.8. The number of rotatable bonds is 8. The predicted molar refractivity (Wildman–Crippen MR) is 135 cm³/mol. The number of fused-ring (bicyclic) bond motifs is 3. The molecule has 1 aromatic heterocycles. The van der Waals surface area contributed by atoms with Gasteiger partial charge in [0.1, 0.15) is 0 Å². The van der Waals surface area contributed by atoms with Crippen LogP contribution in [0.25, 0.3) is 16.6 Å². The summed E-state index contributed by atoms with van der Waals surface area (Å²) in [6.45, 7) is 2.47. The van der Waals surface area contributed by atoms with E-state index >= 15 is 0 Å². The maximum Gasteiger partial charge on any atom is 0.179 e. The minimum atomic E-state index is 0.168. The molecule has 0 amide bonds. The molecule has 3 atom stereocenters. The van der Waals surface area contributed by atoms with Gasteiger partial charge < -0.3 is 9.30 Å². The summed E-state index contributed by atoms with van der Waals surface area (Å²) in [5, 5.41) is 10.6. The van der Waals surface area contributed by atoms with Crippen LogP contribution < -0.4 is 0 Å². The Labute approximate surface area is 205 Å². The second-order valence-electron chi connectivity index (χ2n) is 9.54. The topological polar surface area (TPSA) is 58.3 Å². The standard InChI is InChI=1S/C28H30ClN3O2/c1-18-28(26(33)17-31-22-11-13-24(31)27(16-22)34-2)23-12-6-19(5-3-4-14-30)15-25(23)32(18)21-9-7-20(29)8-10-21/h6-10,12,15,22,24,27H,3-5,11,13,16-17H2,1-2H3/t22?,24?,27-/m0/s1. The third kappa shape index (κ3) is 4.05. The number of methoxy groups -OCH3 is 1. The number of aryl methyl sites for hydroxylation is 1. The van der Waals surface area contributed by atoms with Crippen molar-refractivity contribution in [1.29, 1.82) is 5.26 Å². The zero-order valence-corrected chi connectivity index (χ0v) is 20.5. The van der Waals surface area contributed by atoms with Crippen LogP contribution in [0.5, 0.6) is 0 Å². The first kappa shape index (κ1) is 23.1. The predicted octanol–water partition coefficient (Wildman–Crippen LogP) is 5.87. The van der Waals surface area contributed by atoms with Crippen LogP contribution in [0, 0.1) is 18.3 Å². The van der Waals surface area contributed by atoms with Crippen LogP contribution >= 0.6 is 11.6 Å². The van der Waals surface area contributed by atoms with Gasteiger partial charge >= 0.3 is 0 Å². The molecule has 2 unspecified atom stereocenters. The first-order chi connectivity index (χ1) is 16.5. The van der Waals surface area contributed by atoms with E-state index in [0.29, 0.717) is 30.1 Å². The first-order valence-corrected chi connectivity index (χ1v) is 12.5. The van der Waals surface area contributed by atoms with Crippen molar-refractivity contribution in [3.63, 3.8) is 0 Å². The number of carbonyl (C=O) groups excluding carboxylic acids is 1. The van der Waals surface area contributed by atoms with E-state index in [1.54, 1.807) is 7.11 Å². The van der Waals surface area contributed by atoms with Gasteiger partial charge in [-0.1, -0.05) is 23.7 Å². The summed E-state index contributed by atoms with van der Waals surface area (Å²) in [6.07, 6.45) is 5.72. The highest BCUT2D eigenvalue weighted by Crippen LogP contribution is 2.40. The van der Waals surface area contributed by atoms with Crippen molar-refractivity contribution in [2.45, 2.75) is 63.6 Å². The Balaban J connectivity index is 1.55. The highest BCUT2D eigenvalue weighted by molar-refractivity contribution is 6.30. The number of carbonyl (C=O) groups is 1. The average molecular weight is 476 g/mol. The van der Waals surface area contributed by atoms with Crippen molar-refractivity contribution in [2.75, 3.05) is 13.7 Å². The Morgan fingerprint density at radius 3 is 2.71 bits per heavy atom. The van der Waals surface area contributed by atoms with Gasteiger partial charge in [0.05, 0.1) is 24.2 Å². The van der Waals surface area contributed by atoms with Gasteiger partial charge in [0, 0.05) is 53.0 Å². The van der Waals surface area contributed by atoms with Gasteiger partial charge in [-0.15, -0.1) is 0 Å². The van der Waals surface area contributed by atoms with Gasteiger partial charge in [-0.3, -0.25) is 9.69 Å². The quantitative estimate of drug-likeness (QED) is 0.302. The Hall–Kier alpha value is -2.65. The smallest absolute Gasteiger partial charge is 0.179 e. The number of unbranched alkanes of at least 4 members (excludes halogenated alkanes) is 1. The number of hydrogen-bond acceptors (Lipinski definition) is 4. The molecule has 34 heavy (non-hydrogen) atoms. The molecular weight excluding hydrogens is 446 g/mol. The fourth-order valence-corrected chi connectivity index (χ4v) is 6.18. The lowest BCUT2D eigenvalue weighted by atomic mass is 9.98. The molecule has 176 valence electrons. The molecule has 2 bridgehead atoms. The monoisotopic (exact) mass is 475 g/mol. The molecule has 0 aliphatic carbocycles. The van der Waals surface area contributed by atoms with Gasteiger partial charge in [0.25, 0.3) is 0 Å². The summed E-state index contributed by atoms with van der Waals surface area (Å²) in [6, 6.07) is 17.1. The summed E-state index contributed by atoms with van der Waals surface area (Å²) in [5.41, 5.74) is 4.94. The van der Waals surface area contributed by atoms with E-state index in [-0.39, 0.29) is 11.9 Å². The molecule has 3 aromatic rings. The second kappa shape index (κ2) is 9.54. The Morgan fingerprint density at radius 1 is 1.21 bits per heavy atom. The summed E-state index contributed by atoms with van der Waals surface area (Å²) < 4.78 is 7.86. The van der Waals surface area contributed by atoms with E-state index < -0.39 is 0 Å². The fraction of sp³-hybridized carbons (Fsp3) is 0.429. The highest BCUT2D eigenvalue weighted by Gasteiger charge is 2.47. The largest absolute Gasteiger partial charge is 0.380 e. The third-order valence-corrected chi connectivity index (χ3v) is 7.89. The van der Waals surface area contributed by atoms with Crippen LogP contribution in [0.1, 0.15) is 53.7 Å². The molecule has 2 saturated heterocycles. The van der Waals surface area contributed by atoms with Crippen LogP contribution in [0.4, 0.5) is 0 Å². The van der Waals surface area contributed by atoms with Crippen LogP contribution in [-0.4, -0.2) is 47.1 Å². The summed E-state index contributed by atoms with van der Waals surface area (Å²) in [7, 11) is 1.78. The lowest BCUT2D eigenvalue weighted by Gasteiger charge is -2.22. The van der Waals surface area contributed by atoms with Crippen LogP contribution in [-0.2, 0) is 11.2 Å². The number of benzene rings is 2. The van der Waals surface area contributed by atoms with E-state index in [9.17, 15) is 4.79 Å². The van der Waals surface area contributed by atoms with Gasteiger partial charge in [0.15, 0.2) is 5.78 Å². The van der Waals surface area contributed by atoms with E-state index in [4.69, 9.17) is 21.6 Å². The third-order valence-electron chi connectivity index (χ3n) is 7.64.